The molecule has 2 fully saturated rings. The summed E-state index contributed by atoms with van der Waals surface area (Å²) in [4.78, 5) is 40.9. The topological polar surface area (TPSA) is 103 Å². The van der Waals surface area contributed by atoms with Crippen molar-refractivity contribution in [3.63, 3.8) is 0 Å². The number of nitrogens with zero attached hydrogens (tertiary/aromatic N) is 1. The van der Waals surface area contributed by atoms with Crippen molar-refractivity contribution in [3.05, 3.63) is 28.8 Å². The summed E-state index contributed by atoms with van der Waals surface area (Å²) >= 11 is 6.18. The Labute approximate surface area is 162 Å². The molecule has 8 heteroatoms. The maximum Gasteiger partial charge on any atom is 0.291 e. The van der Waals surface area contributed by atoms with E-state index in [-0.39, 0.29) is 23.8 Å². The molecule has 2 saturated heterocycles. The number of aliphatic hydroxyl groups excluding tert-OH is 1. The lowest BCUT2D eigenvalue weighted by Crippen LogP contribution is -3.00. The van der Waals surface area contributed by atoms with Crippen LogP contribution in [0.4, 0.5) is 5.69 Å². The third-order valence-electron chi connectivity index (χ3n) is 6.39. The van der Waals surface area contributed by atoms with E-state index < -0.39 is 29.5 Å². The van der Waals surface area contributed by atoms with Crippen LogP contribution in [0, 0.1) is 11.8 Å². The predicted molar refractivity (Wildman–Crippen MR) is 97.7 cm³/mol. The van der Waals surface area contributed by atoms with Crippen LogP contribution in [0.1, 0.15) is 32.8 Å². The molecular formula is C19H23ClN3O4+. The van der Waals surface area contributed by atoms with Gasteiger partial charge in [0.15, 0.2) is 0 Å². The van der Waals surface area contributed by atoms with E-state index in [2.05, 4.69) is 5.32 Å². The van der Waals surface area contributed by atoms with E-state index in [0.717, 1.165) is 0 Å². The Morgan fingerprint density at radius 2 is 2.00 bits per heavy atom. The number of halogens is 1. The Bertz CT molecular complexity index is 857. The molecule has 0 aliphatic carbocycles. The second kappa shape index (κ2) is 6.02. The van der Waals surface area contributed by atoms with Crippen LogP contribution in [0.25, 0.3) is 0 Å². The lowest BCUT2D eigenvalue weighted by Gasteiger charge is -2.29. The summed E-state index contributed by atoms with van der Waals surface area (Å²) in [5, 5.41) is 15.3. The second-order valence-corrected chi connectivity index (χ2v) is 8.24. The fourth-order valence-corrected chi connectivity index (χ4v) is 5.11. The number of benzene rings is 1. The van der Waals surface area contributed by atoms with E-state index in [9.17, 15) is 19.5 Å². The number of carbonyl (C=O) groups excluding carboxylic acids is 3. The smallest absolute Gasteiger partial charge is 0.291 e. The largest absolute Gasteiger partial charge is 0.387 e. The van der Waals surface area contributed by atoms with Gasteiger partial charge in [0, 0.05) is 16.6 Å². The Morgan fingerprint density at radius 1 is 1.30 bits per heavy atom. The summed E-state index contributed by atoms with van der Waals surface area (Å²) < 4.78 is 0. The molecule has 3 heterocycles. The third-order valence-corrected chi connectivity index (χ3v) is 6.62. The van der Waals surface area contributed by atoms with Crippen LogP contribution in [-0.2, 0) is 19.9 Å². The molecule has 7 nitrogen and oxygen atoms in total. The van der Waals surface area contributed by atoms with Gasteiger partial charge in [-0.05, 0) is 38.5 Å². The summed E-state index contributed by atoms with van der Waals surface area (Å²) in [6, 6.07) is 4.21. The van der Waals surface area contributed by atoms with Gasteiger partial charge in [-0.3, -0.25) is 19.3 Å². The molecule has 3 aliphatic heterocycles. The zero-order chi connectivity index (χ0) is 19.7. The molecule has 27 heavy (non-hydrogen) atoms. The van der Waals surface area contributed by atoms with Crippen LogP contribution in [0.3, 0.4) is 0 Å². The zero-order valence-electron chi connectivity index (χ0n) is 15.4. The Hall–Kier alpha value is -1.96. The van der Waals surface area contributed by atoms with Crippen molar-refractivity contribution in [3.8, 4) is 0 Å². The second-order valence-electron chi connectivity index (χ2n) is 7.80. The van der Waals surface area contributed by atoms with Crippen molar-refractivity contribution in [2.75, 3.05) is 5.32 Å². The van der Waals surface area contributed by atoms with Gasteiger partial charge in [-0.15, -0.1) is 0 Å². The highest BCUT2D eigenvalue weighted by molar-refractivity contribution is 6.31. The number of fused-ring (bicyclic) bond motifs is 4. The first-order chi connectivity index (χ1) is 12.7. The molecule has 1 spiro atoms. The average molecular weight is 393 g/mol. The van der Waals surface area contributed by atoms with Crippen LogP contribution >= 0.6 is 11.6 Å². The van der Waals surface area contributed by atoms with Crippen molar-refractivity contribution >= 4 is 35.0 Å². The highest BCUT2D eigenvalue weighted by Crippen LogP contribution is 2.50. The maximum absolute atomic E-state index is 13.4. The van der Waals surface area contributed by atoms with Gasteiger partial charge in [0.05, 0.1) is 5.69 Å². The summed E-state index contributed by atoms with van der Waals surface area (Å²) in [7, 11) is 0. The van der Waals surface area contributed by atoms with E-state index in [1.54, 1.807) is 30.4 Å². The van der Waals surface area contributed by atoms with Crippen molar-refractivity contribution in [2.45, 2.75) is 50.9 Å². The van der Waals surface area contributed by atoms with Crippen LogP contribution < -0.4 is 10.6 Å². The highest BCUT2D eigenvalue weighted by Gasteiger charge is 2.75. The van der Waals surface area contributed by atoms with E-state index >= 15 is 0 Å². The zero-order valence-corrected chi connectivity index (χ0v) is 16.2. The molecule has 3 amide bonds. The molecule has 0 bridgehead atoms. The number of anilines is 1. The van der Waals surface area contributed by atoms with Gasteiger partial charge in [-0.25, -0.2) is 0 Å². The van der Waals surface area contributed by atoms with Gasteiger partial charge < -0.3 is 15.7 Å². The summed E-state index contributed by atoms with van der Waals surface area (Å²) in [5.41, 5.74) is -0.0974. The molecular weight excluding hydrogens is 370 g/mol. The number of amides is 3. The number of hydrogen-bond donors (Lipinski definition) is 3. The van der Waals surface area contributed by atoms with Crippen molar-refractivity contribution in [1.82, 2.24) is 4.90 Å². The van der Waals surface area contributed by atoms with Crippen LogP contribution in [0.5, 0.6) is 0 Å². The fourth-order valence-electron chi connectivity index (χ4n) is 4.94. The quantitative estimate of drug-likeness (QED) is 0.640. The molecule has 0 radical (unpaired) electrons. The van der Waals surface area contributed by atoms with Gasteiger partial charge in [-0.1, -0.05) is 18.5 Å². The number of imide groups is 1. The monoisotopic (exact) mass is 392 g/mol. The van der Waals surface area contributed by atoms with Crippen molar-refractivity contribution < 1.29 is 24.8 Å². The first-order valence-electron chi connectivity index (χ1n) is 9.26. The summed E-state index contributed by atoms with van der Waals surface area (Å²) in [5.74, 6) is -2.60. The maximum atomic E-state index is 13.4. The number of hydrogen-bond acceptors (Lipinski definition) is 4. The first kappa shape index (κ1) is 18.4. The first-order valence-corrected chi connectivity index (χ1v) is 9.64. The van der Waals surface area contributed by atoms with Gasteiger partial charge in [0.2, 0.25) is 17.4 Å². The molecule has 6 atom stereocenters. The number of quaternary nitrogens is 1. The molecule has 3 aliphatic rings. The number of carbonyl (C=O) groups is 3. The molecule has 0 unspecified atom stereocenters. The van der Waals surface area contributed by atoms with E-state index in [1.165, 1.54) is 4.90 Å². The number of nitrogens with two attached hydrogens (primary N) is 1. The van der Waals surface area contributed by atoms with E-state index in [4.69, 9.17) is 11.6 Å². The summed E-state index contributed by atoms with van der Waals surface area (Å²) in [6.45, 7) is 5.32. The molecule has 1 aromatic carbocycles. The average Bonchev–Trinajstić information content (AvgIpc) is 3.20. The Kier molecular flexibility index (Phi) is 4.10. The van der Waals surface area contributed by atoms with E-state index in [1.807, 2.05) is 13.8 Å². The highest BCUT2D eigenvalue weighted by atomic mass is 35.5. The van der Waals surface area contributed by atoms with Crippen molar-refractivity contribution in [1.29, 1.82) is 0 Å². The third kappa shape index (κ3) is 2.25. The minimum atomic E-state index is -1.29. The lowest BCUT2D eigenvalue weighted by atomic mass is 9.76. The van der Waals surface area contributed by atoms with Crippen LogP contribution in [0.15, 0.2) is 18.2 Å². The minimum Gasteiger partial charge on any atom is -0.387 e. The molecule has 4 rings (SSSR count). The van der Waals surface area contributed by atoms with Crippen LogP contribution in [-0.4, -0.2) is 45.9 Å². The molecule has 0 saturated carbocycles. The van der Waals surface area contributed by atoms with Gasteiger partial charge in [0.1, 0.15) is 24.0 Å². The summed E-state index contributed by atoms with van der Waals surface area (Å²) in [6.07, 6.45) is -0.233. The Balaban J connectivity index is 1.92. The molecule has 144 valence electrons. The molecule has 0 aromatic heterocycles. The number of rotatable bonds is 3. The molecule has 4 N–H and O–H groups in total. The SMILES string of the molecule is CC[C@@H](C)N1C(=O)[C@@H]2[C@H]([C@@H](C)O)[NH2+][C@]3(C(=O)Nc4ccc(Cl)cc43)[C@@H]2C1=O. The lowest BCUT2D eigenvalue weighted by molar-refractivity contribution is -0.738. The normalized spacial score (nSPS) is 34.0. The number of likely N-dealkylation sites (tertiary alicyclic amines) is 1. The standard InChI is InChI=1S/C19H22ClN3O4/c1-4-8(2)23-16(25)13-14(17(23)26)19(22-15(13)9(3)24)11-7-10(20)5-6-12(11)21-18(19)27/h5-9,13-15,22,24H,4H2,1-3H3,(H,21,27)/p+1/t8-,9-,13+,14+,15+,19+/m1/s1. The number of aliphatic hydroxyl groups is 1. The van der Waals surface area contributed by atoms with Gasteiger partial charge in [0.25, 0.3) is 5.91 Å². The van der Waals surface area contributed by atoms with Gasteiger partial charge in [-0.2, -0.15) is 0 Å². The Morgan fingerprint density at radius 3 is 2.63 bits per heavy atom. The van der Waals surface area contributed by atoms with E-state index in [0.29, 0.717) is 22.7 Å². The predicted octanol–water partition coefficient (Wildman–Crippen LogP) is 0.214. The van der Waals surface area contributed by atoms with Crippen molar-refractivity contribution in [2.24, 2.45) is 11.8 Å². The molecule has 1 aromatic rings. The number of nitrogens with one attached hydrogen (secondary N) is 1. The van der Waals surface area contributed by atoms with Crippen LogP contribution in [0.2, 0.25) is 5.02 Å². The van der Waals surface area contributed by atoms with Gasteiger partial charge >= 0.3 is 0 Å². The fraction of sp³-hybridized carbons (Fsp3) is 0.526. The minimum absolute atomic E-state index is 0.259.